The lowest BCUT2D eigenvalue weighted by Crippen LogP contribution is -2.54. The van der Waals surface area contributed by atoms with E-state index in [4.69, 9.17) is 16.3 Å². The number of carbonyl (C=O) groups excluding carboxylic acids is 2. The molecule has 1 atom stereocenters. The number of thioether (sulfide) groups is 1. The molecule has 0 spiro atoms. The third kappa shape index (κ3) is 1.95. The number of nitrogens with zero attached hydrogens (tertiary/aromatic N) is 1. The van der Waals surface area contributed by atoms with E-state index in [0.717, 1.165) is 18.4 Å². The highest BCUT2D eigenvalue weighted by Gasteiger charge is 2.46. The summed E-state index contributed by atoms with van der Waals surface area (Å²) in [5.74, 6) is 0.611. The number of halogens is 1. The van der Waals surface area contributed by atoms with Gasteiger partial charge in [-0.1, -0.05) is 0 Å². The van der Waals surface area contributed by atoms with Gasteiger partial charge in [0.05, 0.1) is 11.8 Å². The van der Waals surface area contributed by atoms with Crippen LogP contribution in [0, 0.1) is 0 Å². The Morgan fingerprint density at radius 3 is 2.88 bits per heavy atom. The molecule has 6 heteroatoms. The number of rotatable bonds is 3. The van der Waals surface area contributed by atoms with Gasteiger partial charge in [-0.05, 0) is 18.4 Å². The van der Waals surface area contributed by atoms with Crippen LogP contribution in [0.3, 0.4) is 0 Å². The molecule has 4 nitrogen and oxygen atoms in total. The minimum atomic E-state index is -0.374. The number of ether oxygens (including phenoxy) is 1. The maximum atomic E-state index is 12.0. The van der Waals surface area contributed by atoms with Gasteiger partial charge in [0.15, 0.2) is 0 Å². The zero-order valence-corrected chi connectivity index (χ0v) is 10.7. The second kappa shape index (κ2) is 4.21. The molecule has 17 heavy (non-hydrogen) atoms. The van der Waals surface area contributed by atoms with E-state index in [9.17, 15) is 9.59 Å². The third-order valence-corrected chi connectivity index (χ3v) is 4.68. The van der Waals surface area contributed by atoms with Crippen molar-refractivity contribution in [1.29, 1.82) is 0 Å². The summed E-state index contributed by atoms with van der Waals surface area (Å²) < 4.78 is 5.28. The molecule has 0 aromatic heterocycles. The Labute approximate surface area is 108 Å². The van der Waals surface area contributed by atoms with E-state index < -0.39 is 0 Å². The molecule has 1 saturated carbocycles. The Balaban J connectivity index is 1.86. The molecule has 3 aliphatic rings. The van der Waals surface area contributed by atoms with Crippen molar-refractivity contribution in [1.82, 2.24) is 4.90 Å². The predicted molar refractivity (Wildman–Crippen MR) is 64.6 cm³/mol. The van der Waals surface area contributed by atoms with Crippen molar-refractivity contribution in [3.63, 3.8) is 0 Å². The number of β-lactam (4-membered cyclic amide) rings is 1. The fourth-order valence-electron chi connectivity index (χ4n) is 1.96. The van der Waals surface area contributed by atoms with Crippen LogP contribution in [0.25, 0.3) is 0 Å². The van der Waals surface area contributed by atoms with Gasteiger partial charge in [-0.2, -0.15) is 0 Å². The van der Waals surface area contributed by atoms with Crippen LogP contribution in [0.5, 0.6) is 0 Å². The van der Waals surface area contributed by atoms with Crippen LogP contribution in [0.15, 0.2) is 11.3 Å². The molecule has 2 fully saturated rings. The summed E-state index contributed by atoms with van der Waals surface area (Å²) in [4.78, 5) is 25.1. The smallest absolute Gasteiger partial charge is 0.355 e. The van der Waals surface area contributed by atoms with E-state index in [1.54, 1.807) is 16.7 Å². The van der Waals surface area contributed by atoms with Crippen LogP contribution < -0.4 is 0 Å². The van der Waals surface area contributed by atoms with E-state index in [-0.39, 0.29) is 29.2 Å². The van der Waals surface area contributed by atoms with Crippen molar-refractivity contribution in [2.75, 3.05) is 11.6 Å². The average Bonchev–Trinajstić information content (AvgIpc) is 3.10. The normalized spacial score (nSPS) is 27.7. The van der Waals surface area contributed by atoms with Gasteiger partial charge >= 0.3 is 5.97 Å². The molecule has 0 bridgehead atoms. The summed E-state index contributed by atoms with van der Waals surface area (Å²) in [5.41, 5.74) is 1.22. The number of alkyl halides is 1. The number of hydrogen-bond donors (Lipinski definition) is 0. The van der Waals surface area contributed by atoms with Gasteiger partial charge in [0.2, 0.25) is 5.91 Å². The average molecular weight is 274 g/mol. The first-order chi connectivity index (χ1) is 8.20. The van der Waals surface area contributed by atoms with Gasteiger partial charge in [-0.15, -0.1) is 23.4 Å². The third-order valence-electron chi connectivity index (χ3n) is 3.08. The Morgan fingerprint density at radius 2 is 2.29 bits per heavy atom. The fraction of sp³-hybridized carbons (Fsp3) is 0.636. The van der Waals surface area contributed by atoms with Crippen molar-refractivity contribution in [2.24, 2.45) is 0 Å². The minimum Gasteiger partial charge on any atom is -0.458 e. The molecular weight excluding hydrogens is 262 g/mol. The van der Waals surface area contributed by atoms with Crippen LogP contribution in [-0.2, 0) is 14.3 Å². The Morgan fingerprint density at radius 1 is 1.53 bits per heavy atom. The number of amides is 1. The lowest BCUT2D eigenvalue weighted by atomic mass is 10.1. The molecule has 0 aromatic carbocycles. The molecule has 1 amide bonds. The summed E-state index contributed by atoms with van der Waals surface area (Å²) >= 11 is 7.50. The standard InChI is InChI=1S/C11H12ClNO3S/c12-4-6-5-17-9-3-8(14)13(9)10(6)11(15)16-7-1-2-7/h7,9H,1-5H2/t9-/m0/s1. The van der Waals surface area contributed by atoms with Gasteiger partial charge in [0.1, 0.15) is 11.8 Å². The van der Waals surface area contributed by atoms with E-state index >= 15 is 0 Å². The summed E-state index contributed by atoms with van der Waals surface area (Å²) in [6, 6.07) is 0. The number of hydrogen-bond acceptors (Lipinski definition) is 4. The van der Waals surface area contributed by atoms with Crippen molar-refractivity contribution >= 4 is 35.2 Å². The van der Waals surface area contributed by atoms with Crippen LogP contribution in [0.2, 0.25) is 0 Å². The van der Waals surface area contributed by atoms with Gasteiger partial charge in [-0.25, -0.2) is 4.79 Å². The van der Waals surface area contributed by atoms with Crippen LogP contribution in [0.4, 0.5) is 0 Å². The van der Waals surface area contributed by atoms with Gasteiger partial charge in [-0.3, -0.25) is 9.69 Å². The molecule has 0 N–H and O–H groups in total. The molecule has 0 aromatic rings. The maximum Gasteiger partial charge on any atom is 0.355 e. The van der Waals surface area contributed by atoms with Gasteiger partial charge in [0.25, 0.3) is 0 Å². The lowest BCUT2D eigenvalue weighted by molar-refractivity contribution is -0.150. The number of fused-ring (bicyclic) bond motifs is 1. The second-order valence-corrected chi connectivity index (χ2v) is 5.86. The molecule has 1 aliphatic carbocycles. The Hall–Kier alpha value is -0.680. The molecule has 1 saturated heterocycles. The van der Waals surface area contributed by atoms with Crippen LogP contribution >= 0.6 is 23.4 Å². The molecule has 2 heterocycles. The Bertz CT molecular complexity index is 419. The van der Waals surface area contributed by atoms with Crippen molar-refractivity contribution in [3.8, 4) is 0 Å². The highest BCUT2D eigenvalue weighted by Crippen LogP contribution is 2.41. The van der Waals surface area contributed by atoms with E-state index in [2.05, 4.69) is 0 Å². The molecule has 0 unspecified atom stereocenters. The molecule has 2 aliphatic heterocycles. The summed E-state index contributed by atoms with van der Waals surface area (Å²) in [7, 11) is 0. The first-order valence-corrected chi connectivity index (χ1v) is 7.21. The zero-order chi connectivity index (χ0) is 12.0. The van der Waals surface area contributed by atoms with Crippen molar-refractivity contribution in [2.45, 2.75) is 30.7 Å². The molecule has 0 radical (unpaired) electrons. The van der Waals surface area contributed by atoms with Crippen LogP contribution in [0.1, 0.15) is 19.3 Å². The van der Waals surface area contributed by atoms with Crippen molar-refractivity contribution < 1.29 is 14.3 Å². The quantitative estimate of drug-likeness (QED) is 0.444. The maximum absolute atomic E-state index is 12.0. The Kier molecular flexibility index (Phi) is 2.83. The molecule has 92 valence electrons. The largest absolute Gasteiger partial charge is 0.458 e. The van der Waals surface area contributed by atoms with E-state index in [1.165, 1.54) is 0 Å². The molecular formula is C11H12ClNO3S. The highest BCUT2D eigenvalue weighted by molar-refractivity contribution is 8.00. The van der Waals surface area contributed by atoms with Crippen LogP contribution in [-0.4, -0.2) is 39.9 Å². The SMILES string of the molecule is O=C(OC1CC1)C1=C(CCl)CS[C@H]2CC(=O)N12. The first kappa shape index (κ1) is 11.4. The van der Waals surface area contributed by atoms with Gasteiger partial charge < -0.3 is 4.74 Å². The highest BCUT2D eigenvalue weighted by atomic mass is 35.5. The second-order valence-electron chi connectivity index (χ2n) is 4.42. The lowest BCUT2D eigenvalue weighted by Gasteiger charge is -2.44. The fourth-order valence-corrected chi connectivity index (χ4v) is 3.56. The summed E-state index contributed by atoms with van der Waals surface area (Å²) in [6.45, 7) is 0. The summed E-state index contributed by atoms with van der Waals surface area (Å²) in [5, 5.41) is 0.108. The monoisotopic (exact) mass is 273 g/mol. The zero-order valence-electron chi connectivity index (χ0n) is 9.15. The van der Waals surface area contributed by atoms with Crippen molar-refractivity contribution in [3.05, 3.63) is 11.3 Å². The molecule has 3 rings (SSSR count). The van der Waals surface area contributed by atoms with E-state index in [1.807, 2.05) is 0 Å². The van der Waals surface area contributed by atoms with E-state index in [0.29, 0.717) is 17.9 Å². The summed E-state index contributed by atoms with van der Waals surface area (Å²) in [6.07, 6.45) is 2.43. The number of carbonyl (C=O) groups is 2. The predicted octanol–water partition coefficient (Wildman–Crippen LogP) is 1.49. The first-order valence-electron chi connectivity index (χ1n) is 5.63. The van der Waals surface area contributed by atoms with Gasteiger partial charge in [0, 0.05) is 11.6 Å². The minimum absolute atomic E-state index is 0.00689. The number of esters is 1. The topological polar surface area (TPSA) is 46.6 Å².